The van der Waals surface area contributed by atoms with Crippen LogP contribution in [0.25, 0.3) is 10.6 Å². The second-order valence-electron chi connectivity index (χ2n) is 6.35. The quantitative estimate of drug-likeness (QED) is 0.686. The van der Waals surface area contributed by atoms with Crippen LogP contribution in [0.1, 0.15) is 23.4 Å². The first kappa shape index (κ1) is 18.8. The van der Waals surface area contributed by atoms with Gasteiger partial charge in [-0.15, -0.1) is 11.3 Å². The van der Waals surface area contributed by atoms with Crippen molar-refractivity contribution in [1.29, 1.82) is 0 Å². The summed E-state index contributed by atoms with van der Waals surface area (Å²) in [6, 6.07) is 14.6. The minimum atomic E-state index is -0.753. The Morgan fingerprint density at radius 2 is 2.00 bits per heavy atom. The van der Waals surface area contributed by atoms with Gasteiger partial charge in [0.15, 0.2) is 0 Å². The molecular weight excluding hydrogens is 360 g/mol. The zero-order valence-corrected chi connectivity index (χ0v) is 16.1. The standard InChI is InChI=1S/C20H22N4O2S/c1-13-8-9-18(27-13)17-12-16(21)20(26)24(23-17)14(2)19(25)22-11-10-15-6-4-3-5-7-15/h3-9,12,14H,10-11,21H2,1-2H3,(H,22,25). The summed E-state index contributed by atoms with van der Waals surface area (Å²) >= 11 is 1.56. The Kier molecular flexibility index (Phi) is 5.71. The first-order valence-electron chi connectivity index (χ1n) is 8.73. The van der Waals surface area contributed by atoms with Crippen LogP contribution < -0.4 is 16.6 Å². The van der Waals surface area contributed by atoms with Crippen molar-refractivity contribution in [3.05, 3.63) is 69.3 Å². The number of amides is 1. The maximum Gasteiger partial charge on any atom is 0.290 e. The summed E-state index contributed by atoms with van der Waals surface area (Å²) in [5.74, 6) is -0.264. The minimum absolute atomic E-state index is 0.0787. The van der Waals surface area contributed by atoms with Crippen molar-refractivity contribution in [3.8, 4) is 10.6 Å². The van der Waals surface area contributed by atoms with Crippen molar-refractivity contribution >= 4 is 22.9 Å². The lowest BCUT2D eigenvalue weighted by Crippen LogP contribution is -2.38. The molecule has 2 aromatic heterocycles. The average Bonchev–Trinajstić information content (AvgIpc) is 3.10. The molecule has 7 heteroatoms. The molecule has 1 aromatic carbocycles. The number of rotatable bonds is 6. The number of benzene rings is 1. The van der Waals surface area contributed by atoms with Gasteiger partial charge < -0.3 is 11.1 Å². The van der Waals surface area contributed by atoms with Gasteiger partial charge in [0.1, 0.15) is 17.4 Å². The smallest absolute Gasteiger partial charge is 0.290 e. The number of anilines is 1. The molecule has 0 bridgehead atoms. The topological polar surface area (TPSA) is 90.0 Å². The first-order chi connectivity index (χ1) is 13.0. The lowest BCUT2D eigenvalue weighted by molar-refractivity contribution is -0.124. The molecule has 0 aliphatic rings. The van der Waals surface area contributed by atoms with Crippen LogP contribution in [0, 0.1) is 6.92 Å². The highest BCUT2D eigenvalue weighted by Crippen LogP contribution is 2.26. The zero-order chi connectivity index (χ0) is 19.4. The number of carbonyl (C=O) groups is 1. The van der Waals surface area contributed by atoms with Gasteiger partial charge in [0.2, 0.25) is 5.91 Å². The van der Waals surface area contributed by atoms with Crippen molar-refractivity contribution in [2.24, 2.45) is 0 Å². The summed E-state index contributed by atoms with van der Waals surface area (Å²) in [6.45, 7) is 4.13. The number of nitrogen functional groups attached to an aromatic ring is 1. The van der Waals surface area contributed by atoms with Gasteiger partial charge in [0.05, 0.1) is 4.88 Å². The van der Waals surface area contributed by atoms with Crippen molar-refractivity contribution in [1.82, 2.24) is 15.1 Å². The summed E-state index contributed by atoms with van der Waals surface area (Å²) in [5, 5.41) is 7.24. The number of carbonyl (C=O) groups excluding carboxylic acids is 1. The Labute approximate surface area is 161 Å². The van der Waals surface area contributed by atoms with E-state index < -0.39 is 11.6 Å². The van der Waals surface area contributed by atoms with E-state index in [2.05, 4.69) is 10.4 Å². The number of hydrogen-bond donors (Lipinski definition) is 2. The normalized spacial score (nSPS) is 11.9. The number of thiophene rings is 1. The van der Waals surface area contributed by atoms with Crippen LogP contribution in [0.15, 0.2) is 53.3 Å². The number of aromatic nitrogens is 2. The van der Waals surface area contributed by atoms with Crippen LogP contribution in [0.3, 0.4) is 0 Å². The summed E-state index contributed by atoms with van der Waals surface area (Å²) in [7, 11) is 0. The fourth-order valence-corrected chi connectivity index (χ4v) is 3.54. The third-order valence-corrected chi connectivity index (χ3v) is 5.28. The molecule has 140 valence electrons. The van der Waals surface area contributed by atoms with E-state index in [1.807, 2.05) is 49.4 Å². The van der Waals surface area contributed by atoms with Crippen molar-refractivity contribution in [2.45, 2.75) is 26.3 Å². The molecule has 3 rings (SSSR count). The van der Waals surface area contributed by atoms with Crippen molar-refractivity contribution in [3.63, 3.8) is 0 Å². The highest BCUT2D eigenvalue weighted by atomic mass is 32.1. The van der Waals surface area contributed by atoms with Crippen LogP contribution in [0.5, 0.6) is 0 Å². The third kappa shape index (κ3) is 4.43. The first-order valence-corrected chi connectivity index (χ1v) is 9.55. The molecule has 3 N–H and O–H groups in total. The Hall–Kier alpha value is -2.93. The summed E-state index contributed by atoms with van der Waals surface area (Å²) in [4.78, 5) is 26.9. The molecule has 0 radical (unpaired) electrons. The Balaban J connectivity index is 1.75. The highest BCUT2D eigenvalue weighted by molar-refractivity contribution is 7.15. The van der Waals surface area contributed by atoms with Gasteiger partial charge in [-0.05, 0) is 44.0 Å². The molecule has 0 aliphatic heterocycles. The number of nitrogens with two attached hydrogens (primary N) is 1. The predicted molar refractivity (Wildman–Crippen MR) is 109 cm³/mol. The van der Waals surface area contributed by atoms with Gasteiger partial charge in [-0.1, -0.05) is 30.3 Å². The molecule has 27 heavy (non-hydrogen) atoms. The fraction of sp³-hybridized carbons (Fsp3) is 0.250. The van der Waals surface area contributed by atoms with E-state index in [4.69, 9.17) is 5.73 Å². The predicted octanol–water partition coefficient (Wildman–Crippen LogP) is 2.78. The molecule has 2 heterocycles. The van der Waals surface area contributed by atoms with E-state index in [0.29, 0.717) is 12.2 Å². The molecule has 1 atom stereocenters. The van der Waals surface area contributed by atoms with Gasteiger partial charge in [0, 0.05) is 11.4 Å². The molecule has 6 nitrogen and oxygen atoms in total. The van der Waals surface area contributed by atoms with Crippen LogP contribution in [0.2, 0.25) is 0 Å². The SMILES string of the molecule is Cc1ccc(-c2cc(N)c(=O)n(C(C)C(=O)NCCc3ccccc3)n2)s1. The number of nitrogens with one attached hydrogen (secondary N) is 1. The number of hydrogen-bond acceptors (Lipinski definition) is 5. The van der Waals surface area contributed by atoms with Gasteiger partial charge in [-0.2, -0.15) is 5.10 Å². The molecule has 0 aliphatic carbocycles. The van der Waals surface area contributed by atoms with Crippen molar-refractivity contribution in [2.75, 3.05) is 12.3 Å². The third-order valence-electron chi connectivity index (χ3n) is 4.26. The molecule has 1 amide bonds. The van der Waals surface area contributed by atoms with E-state index in [9.17, 15) is 9.59 Å². The van der Waals surface area contributed by atoms with E-state index in [1.165, 1.54) is 0 Å². The van der Waals surface area contributed by atoms with E-state index >= 15 is 0 Å². The van der Waals surface area contributed by atoms with Gasteiger partial charge in [-0.25, -0.2) is 4.68 Å². The molecule has 0 saturated heterocycles. The molecule has 1 unspecified atom stereocenters. The monoisotopic (exact) mass is 382 g/mol. The largest absolute Gasteiger partial charge is 0.394 e. The molecule has 3 aromatic rings. The Morgan fingerprint density at radius 1 is 1.26 bits per heavy atom. The van der Waals surface area contributed by atoms with E-state index in [-0.39, 0.29) is 11.6 Å². The van der Waals surface area contributed by atoms with Gasteiger partial charge in [0.25, 0.3) is 5.56 Å². The van der Waals surface area contributed by atoms with E-state index in [1.54, 1.807) is 24.3 Å². The van der Waals surface area contributed by atoms with Gasteiger partial charge in [-0.3, -0.25) is 9.59 Å². The number of aryl methyl sites for hydroxylation is 1. The number of nitrogens with zero attached hydrogens (tertiary/aromatic N) is 2. The minimum Gasteiger partial charge on any atom is -0.394 e. The van der Waals surface area contributed by atoms with Gasteiger partial charge >= 0.3 is 0 Å². The maximum absolute atomic E-state index is 12.5. The van der Waals surface area contributed by atoms with Crippen LogP contribution in [-0.4, -0.2) is 22.2 Å². The molecule has 0 saturated carbocycles. The second-order valence-corrected chi connectivity index (χ2v) is 7.64. The summed E-state index contributed by atoms with van der Waals surface area (Å²) in [5.41, 5.74) is 7.23. The summed E-state index contributed by atoms with van der Waals surface area (Å²) < 4.78 is 1.16. The molecular formula is C20H22N4O2S. The van der Waals surface area contributed by atoms with E-state index in [0.717, 1.165) is 26.4 Å². The van der Waals surface area contributed by atoms with Crippen LogP contribution >= 0.6 is 11.3 Å². The van der Waals surface area contributed by atoms with Crippen molar-refractivity contribution < 1.29 is 4.79 Å². The molecule has 0 fully saturated rings. The lowest BCUT2D eigenvalue weighted by Gasteiger charge is -2.15. The zero-order valence-electron chi connectivity index (χ0n) is 15.3. The average molecular weight is 382 g/mol. The molecule has 0 spiro atoms. The van der Waals surface area contributed by atoms with Crippen LogP contribution in [0.4, 0.5) is 5.69 Å². The fourth-order valence-electron chi connectivity index (χ4n) is 2.72. The Morgan fingerprint density at radius 3 is 2.67 bits per heavy atom. The van der Waals surface area contributed by atoms with Crippen LogP contribution in [-0.2, 0) is 11.2 Å². The lowest BCUT2D eigenvalue weighted by atomic mass is 10.1. The second kappa shape index (κ2) is 8.18. The summed E-state index contributed by atoms with van der Waals surface area (Å²) in [6.07, 6.45) is 0.721. The Bertz CT molecular complexity index is 995. The highest BCUT2D eigenvalue weighted by Gasteiger charge is 2.19. The maximum atomic E-state index is 12.5.